The van der Waals surface area contributed by atoms with Gasteiger partial charge in [-0.25, -0.2) is 0 Å². The fourth-order valence-corrected chi connectivity index (χ4v) is 2.83. The third kappa shape index (κ3) is 8.71. The Morgan fingerprint density at radius 2 is 2.08 bits per heavy atom. The molecule has 25 heavy (non-hydrogen) atoms. The van der Waals surface area contributed by atoms with Crippen LogP contribution in [0.15, 0.2) is 36.1 Å². The third-order valence-electron chi connectivity index (χ3n) is 4.66. The van der Waals surface area contributed by atoms with Gasteiger partial charge in [0.25, 0.3) is 0 Å². The summed E-state index contributed by atoms with van der Waals surface area (Å²) in [6.07, 6.45) is 15.7. The van der Waals surface area contributed by atoms with Crippen LogP contribution in [0.3, 0.4) is 0 Å². The molecule has 2 unspecified atom stereocenters. The van der Waals surface area contributed by atoms with E-state index in [9.17, 15) is 9.59 Å². The van der Waals surface area contributed by atoms with Crippen LogP contribution in [0.1, 0.15) is 66.2 Å². The highest BCUT2D eigenvalue weighted by molar-refractivity contribution is 5.87. The van der Waals surface area contributed by atoms with E-state index in [-0.39, 0.29) is 23.7 Å². The largest absolute Gasteiger partial charge is 0.385 e. The zero-order valence-corrected chi connectivity index (χ0v) is 16.2. The summed E-state index contributed by atoms with van der Waals surface area (Å²) in [6, 6.07) is -0.0423. The average Bonchev–Trinajstić information content (AvgIpc) is 2.58. The second-order valence-corrected chi connectivity index (χ2v) is 6.99. The lowest BCUT2D eigenvalue weighted by Crippen LogP contribution is -2.44. The SMILES string of the molecule is CC[C@H](C)C(NC(=O)CCC/C1=C/NC(C)/C=C\C/C=C\C1)C(C)=O. The third-order valence-corrected chi connectivity index (χ3v) is 4.66. The number of hydrogen-bond donors (Lipinski definition) is 2. The van der Waals surface area contributed by atoms with Crippen LogP contribution in [0.25, 0.3) is 0 Å². The molecule has 0 aromatic heterocycles. The molecule has 4 heteroatoms. The van der Waals surface area contributed by atoms with E-state index in [2.05, 4.69) is 48.1 Å². The van der Waals surface area contributed by atoms with Gasteiger partial charge >= 0.3 is 0 Å². The molecular formula is C21H34N2O2. The van der Waals surface area contributed by atoms with Crippen LogP contribution in [-0.4, -0.2) is 23.8 Å². The maximum absolute atomic E-state index is 12.2. The Kier molecular flexibility index (Phi) is 9.90. The molecule has 2 N–H and O–H groups in total. The Hall–Kier alpha value is -1.84. The van der Waals surface area contributed by atoms with Gasteiger partial charge in [-0.15, -0.1) is 0 Å². The van der Waals surface area contributed by atoms with Gasteiger partial charge in [-0.1, -0.05) is 50.1 Å². The van der Waals surface area contributed by atoms with Crippen LogP contribution < -0.4 is 10.6 Å². The standard InChI is InChI=1S/C21H34N2O2/c1-5-16(2)21(18(4)24)23-20(25)14-10-13-19-12-9-7-6-8-11-17(3)22-15-19/h7-9,11,15-17,21-22H,5-6,10,12-14H2,1-4H3,(H,23,25)/b9-7-,11-8-,19-15+/t16-,17?,21?/m0/s1. The van der Waals surface area contributed by atoms with E-state index in [1.165, 1.54) is 5.57 Å². The number of amides is 1. The van der Waals surface area contributed by atoms with Gasteiger partial charge in [0.1, 0.15) is 0 Å². The van der Waals surface area contributed by atoms with Crippen molar-refractivity contribution < 1.29 is 9.59 Å². The van der Waals surface area contributed by atoms with Crippen LogP contribution in [0.4, 0.5) is 0 Å². The zero-order chi connectivity index (χ0) is 18.7. The van der Waals surface area contributed by atoms with Gasteiger partial charge in [-0.05, 0) is 51.6 Å². The second kappa shape index (κ2) is 11.7. The molecule has 1 aliphatic heterocycles. The van der Waals surface area contributed by atoms with Gasteiger partial charge < -0.3 is 10.6 Å². The number of rotatable bonds is 8. The van der Waals surface area contributed by atoms with Crippen LogP contribution in [0, 0.1) is 5.92 Å². The summed E-state index contributed by atoms with van der Waals surface area (Å²) in [7, 11) is 0. The molecule has 1 amide bonds. The summed E-state index contributed by atoms with van der Waals surface area (Å²) in [5.74, 6) is 0.182. The molecule has 0 spiro atoms. The van der Waals surface area contributed by atoms with E-state index < -0.39 is 0 Å². The minimum absolute atomic E-state index is 0.0271. The van der Waals surface area contributed by atoms with E-state index in [0.29, 0.717) is 12.5 Å². The Labute approximate surface area is 152 Å². The molecule has 1 aliphatic rings. The topological polar surface area (TPSA) is 58.2 Å². The van der Waals surface area contributed by atoms with E-state index in [4.69, 9.17) is 0 Å². The van der Waals surface area contributed by atoms with Crippen molar-refractivity contribution in [2.75, 3.05) is 0 Å². The second-order valence-electron chi connectivity index (χ2n) is 6.99. The molecule has 0 radical (unpaired) electrons. The number of Topliss-reactive ketones (excluding diaryl/α,β-unsaturated/α-hetero) is 1. The van der Waals surface area contributed by atoms with E-state index >= 15 is 0 Å². The molecule has 1 rings (SSSR count). The van der Waals surface area contributed by atoms with Crippen molar-refractivity contribution >= 4 is 11.7 Å². The van der Waals surface area contributed by atoms with Crippen molar-refractivity contribution in [3.63, 3.8) is 0 Å². The molecule has 0 aromatic rings. The first-order valence-electron chi connectivity index (χ1n) is 9.49. The van der Waals surface area contributed by atoms with Gasteiger partial charge in [-0.2, -0.15) is 0 Å². The van der Waals surface area contributed by atoms with Crippen molar-refractivity contribution in [1.29, 1.82) is 0 Å². The maximum atomic E-state index is 12.2. The summed E-state index contributed by atoms with van der Waals surface area (Å²) in [4.78, 5) is 23.9. The smallest absolute Gasteiger partial charge is 0.220 e. The maximum Gasteiger partial charge on any atom is 0.220 e. The number of carbonyl (C=O) groups excluding carboxylic acids is 2. The van der Waals surface area contributed by atoms with Crippen molar-refractivity contribution in [2.24, 2.45) is 5.92 Å². The normalized spacial score (nSPS) is 24.8. The molecule has 0 aliphatic carbocycles. The highest BCUT2D eigenvalue weighted by atomic mass is 16.2. The number of allylic oxidation sites excluding steroid dienone is 4. The van der Waals surface area contributed by atoms with Crippen molar-refractivity contribution in [1.82, 2.24) is 10.6 Å². The fraction of sp³-hybridized carbons (Fsp3) is 0.619. The summed E-state index contributed by atoms with van der Waals surface area (Å²) in [5, 5.41) is 6.29. The number of nitrogens with one attached hydrogen (secondary N) is 2. The molecule has 0 saturated heterocycles. The molecule has 140 valence electrons. The molecule has 0 saturated carbocycles. The van der Waals surface area contributed by atoms with Gasteiger partial charge in [-0.3, -0.25) is 9.59 Å². The Morgan fingerprint density at radius 3 is 2.76 bits per heavy atom. The van der Waals surface area contributed by atoms with Gasteiger partial charge in [0.2, 0.25) is 5.91 Å². The Balaban J connectivity index is 2.47. The van der Waals surface area contributed by atoms with Gasteiger partial charge in [0.05, 0.1) is 6.04 Å². The van der Waals surface area contributed by atoms with Gasteiger partial charge in [0, 0.05) is 12.5 Å². The van der Waals surface area contributed by atoms with Gasteiger partial charge in [0.15, 0.2) is 5.78 Å². The fourth-order valence-electron chi connectivity index (χ4n) is 2.83. The minimum Gasteiger partial charge on any atom is -0.385 e. The van der Waals surface area contributed by atoms with Crippen LogP contribution in [0.2, 0.25) is 0 Å². The van der Waals surface area contributed by atoms with E-state index in [1.54, 1.807) is 6.92 Å². The lowest BCUT2D eigenvalue weighted by Gasteiger charge is -2.21. The van der Waals surface area contributed by atoms with Crippen LogP contribution >= 0.6 is 0 Å². The number of ketones is 1. The van der Waals surface area contributed by atoms with Crippen LogP contribution in [0.5, 0.6) is 0 Å². The predicted octanol–water partition coefficient (Wildman–Crippen LogP) is 4.04. The molecular weight excluding hydrogens is 312 g/mol. The van der Waals surface area contributed by atoms with Crippen LogP contribution in [-0.2, 0) is 9.59 Å². The molecule has 0 fully saturated rings. The molecule has 0 bridgehead atoms. The molecule has 0 aromatic carbocycles. The van der Waals surface area contributed by atoms with E-state index in [1.807, 2.05) is 13.8 Å². The Bertz CT molecular complexity index is 520. The molecule has 3 atom stereocenters. The van der Waals surface area contributed by atoms with Crippen molar-refractivity contribution in [3.8, 4) is 0 Å². The van der Waals surface area contributed by atoms with E-state index in [0.717, 1.165) is 32.1 Å². The lowest BCUT2D eigenvalue weighted by atomic mass is 9.96. The molecule has 4 nitrogen and oxygen atoms in total. The first kappa shape index (κ1) is 21.2. The summed E-state index contributed by atoms with van der Waals surface area (Å²) < 4.78 is 0. The monoisotopic (exact) mass is 346 g/mol. The Morgan fingerprint density at radius 1 is 1.32 bits per heavy atom. The van der Waals surface area contributed by atoms with Crippen molar-refractivity contribution in [2.45, 2.75) is 78.3 Å². The highest BCUT2D eigenvalue weighted by Crippen LogP contribution is 2.14. The minimum atomic E-state index is -0.359. The average molecular weight is 347 g/mol. The molecule has 1 heterocycles. The summed E-state index contributed by atoms with van der Waals surface area (Å²) in [5.41, 5.74) is 1.30. The van der Waals surface area contributed by atoms with Crippen molar-refractivity contribution in [3.05, 3.63) is 36.1 Å². The highest BCUT2D eigenvalue weighted by Gasteiger charge is 2.22. The first-order valence-corrected chi connectivity index (χ1v) is 9.49. The predicted molar refractivity (Wildman–Crippen MR) is 104 cm³/mol. The number of carbonyl (C=O) groups is 2. The summed E-state index contributed by atoms with van der Waals surface area (Å²) in [6.45, 7) is 7.72. The first-order chi connectivity index (χ1) is 11.9. The lowest BCUT2D eigenvalue weighted by molar-refractivity contribution is -0.128. The summed E-state index contributed by atoms with van der Waals surface area (Å²) >= 11 is 0. The zero-order valence-electron chi connectivity index (χ0n) is 16.2. The number of hydrogen-bond acceptors (Lipinski definition) is 3. The quantitative estimate of drug-likeness (QED) is 0.652.